The summed E-state index contributed by atoms with van der Waals surface area (Å²) >= 11 is 0. The Morgan fingerprint density at radius 2 is 1.69 bits per heavy atom. The average molecular weight is 180 g/mol. The second kappa shape index (κ2) is 4.30. The van der Waals surface area contributed by atoms with E-state index in [1.165, 1.54) is 38.5 Å². The number of hydrogen-bond acceptors (Lipinski definition) is 0. The Morgan fingerprint density at radius 3 is 2.08 bits per heavy atom. The van der Waals surface area contributed by atoms with Crippen LogP contribution in [0.25, 0.3) is 0 Å². The lowest BCUT2D eigenvalue weighted by Gasteiger charge is -2.25. The lowest BCUT2D eigenvalue weighted by atomic mass is 9.80. The summed E-state index contributed by atoms with van der Waals surface area (Å²) in [5.74, 6) is 0. The molecule has 0 aromatic rings. The zero-order valence-electron chi connectivity index (χ0n) is 9.74. The Hall–Kier alpha value is -0.260. The molecule has 13 heavy (non-hydrogen) atoms. The van der Waals surface area contributed by atoms with Crippen LogP contribution in [0.3, 0.4) is 0 Å². The van der Waals surface area contributed by atoms with E-state index in [9.17, 15) is 0 Å². The van der Waals surface area contributed by atoms with E-state index in [2.05, 4.69) is 27.7 Å². The molecule has 76 valence electrons. The van der Waals surface area contributed by atoms with Gasteiger partial charge in [-0.3, -0.25) is 0 Å². The summed E-state index contributed by atoms with van der Waals surface area (Å²) in [6, 6.07) is 0. The van der Waals surface area contributed by atoms with Crippen LogP contribution in [-0.4, -0.2) is 0 Å². The molecule has 1 aliphatic carbocycles. The van der Waals surface area contributed by atoms with Crippen molar-refractivity contribution in [2.75, 3.05) is 0 Å². The highest BCUT2D eigenvalue weighted by atomic mass is 14.3. The van der Waals surface area contributed by atoms with Crippen molar-refractivity contribution in [3.63, 3.8) is 0 Å². The predicted octanol–water partition coefficient (Wildman–Crippen LogP) is 4.70. The lowest BCUT2D eigenvalue weighted by Crippen LogP contribution is -2.11. The molecule has 0 aromatic carbocycles. The van der Waals surface area contributed by atoms with Crippen molar-refractivity contribution in [2.45, 2.75) is 66.2 Å². The van der Waals surface area contributed by atoms with Crippen LogP contribution in [0.2, 0.25) is 0 Å². The van der Waals surface area contributed by atoms with E-state index in [1.54, 1.807) is 11.1 Å². The van der Waals surface area contributed by atoms with Gasteiger partial charge in [0.15, 0.2) is 0 Å². The molecule has 1 aliphatic rings. The number of hydrogen-bond donors (Lipinski definition) is 0. The van der Waals surface area contributed by atoms with Crippen molar-refractivity contribution < 1.29 is 0 Å². The molecule has 0 aliphatic heterocycles. The lowest BCUT2D eigenvalue weighted by molar-refractivity contribution is 0.471. The van der Waals surface area contributed by atoms with Crippen molar-refractivity contribution in [2.24, 2.45) is 5.41 Å². The maximum atomic E-state index is 2.36. The summed E-state index contributed by atoms with van der Waals surface area (Å²) < 4.78 is 0. The van der Waals surface area contributed by atoms with Gasteiger partial charge in [0.1, 0.15) is 0 Å². The van der Waals surface area contributed by atoms with E-state index < -0.39 is 0 Å². The Balaban J connectivity index is 2.82. The fraction of sp³-hybridized carbons (Fsp3) is 0.846. The summed E-state index contributed by atoms with van der Waals surface area (Å²) in [5, 5.41) is 0. The molecule has 0 aromatic heterocycles. The molecule has 0 amide bonds. The zero-order valence-corrected chi connectivity index (χ0v) is 9.74. The first-order valence-corrected chi connectivity index (χ1v) is 5.77. The Bertz CT molecular complexity index is 183. The van der Waals surface area contributed by atoms with Crippen molar-refractivity contribution in [3.8, 4) is 0 Å². The predicted molar refractivity (Wildman–Crippen MR) is 59.9 cm³/mol. The van der Waals surface area contributed by atoms with Crippen LogP contribution in [0.4, 0.5) is 0 Å². The maximum absolute atomic E-state index is 2.36. The van der Waals surface area contributed by atoms with E-state index in [1.807, 2.05) is 0 Å². The normalized spacial score (nSPS) is 18.0. The number of allylic oxidation sites excluding steroid dienone is 2. The molecular formula is C13H24. The van der Waals surface area contributed by atoms with Crippen LogP contribution in [0, 0.1) is 5.41 Å². The molecule has 0 heteroatoms. The van der Waals surface area contributed by atoms with Crippen LogP contribution < -0.4 is 0 Å². The van der Waals surface area contributed by atoms with Gasteiger partial charge < -0.3 is 0 Å². The molecule has 0 spiro atoms. The minimum Gasteiger partial charge on any atom is -0.0705 e. The largest absolute Gasteiger partial charge is 0.0705 e. The average Bonchev–Trinajstić information content (AvgIpc) is 2.49. The molecule has 0 bridgehead atoms. The second-order valence-corrected chi connectivity index (χ2v) is 5.29. The Labute approximate surface area is 83.4 Å². The van der Waals surface area contributed by atoms with Crippen LogP contribution in [0.5, 0.6) is 0 Å². The number of rotatable bonds is 2. The van der Waals surface area contributed by atoms with Gasteiger partial charge in [-0.05, 0) is 37.5 Å². The maximum Gasteiger partial charge on any atom is -0.0170 e. The third-order valence-corrected chi connectivity index (χ3v) is 3.04. The van der Waals surface area contributed by atoms with E-state index >= 15 is 0 Å². The van der Waals surface area contributed by atoms with Crippen LogP contribution in [0.1, 0.15) is 66.2 Å². The van der Waals surface area contributed by atoms with E-state index in [0.29, 0.717) is 5.41 Å². The minimum absolute atomic E-state index is 0.412. The molecule has 0 saturated heterocycles. The first-order chi connectivity index (χ1) is 6.05. The first kappa shape index (κ1) is 10.8. The molecule has 0 radical (unpaired) electrons. The molecule has 1 rings (SSSR count). The Kier molecular flexibility index (Phi) is 3.58. The van der Waals surface area contributed by atoms with Crippen LogP contribution in [0.15, 0.2) is 11.1 Å². The van der Waals surface area contributed by atoms with Crippen LogP contribution in [-0.2, 0) is 0 Å². The summed E-state index contributed by atoms with van der Waals surface area (Å²) in [4.78, 5) is 0. The van der Waals surface area contributed by atoms with Gasteiger partial charge in [-0.2, -0.15) is 0 Å². The molecule has 1 saturated carbocycles. The third kappa shape index (κ3) is 2.86. The standard InChI is InChI=1S/C13H24/c1-5-8-12(13(2,3)4)11-9-6-7-10-11/h5-10H2,1-4H3. The summed E-state index contributed by atoms with van der Waals surface area (Å²) in [6.45, 7) is 9.39. The van der Waals surface area contributed by atoms with E-state index in [4.69, 9.17) is 0 Å². The monoisotopic (exact) mass is 180 g/mol. The van der Waals surface area contributed by atoms with Crippen LogP contribution >= 0.6 is 0 Å². The van der Waals surface area contributed by atoms with Gasteiger partial charge in [0.25, 0.3) is 0 Å². The summed E-state index contributed by atoms with van der Waals surface area (Å²) in [6.07, 6.45) is 8.24. The molecule has 0 N–H and O–H groups in total. The topological polar surface area (TPSA) is 0 Å². The van der Waals surface area contributed by atoms with Gasteiger partial charge in [-0.25, -0.2) is 0 Å². The molecular weight excluding hydrogens is 156 g/mol. The van der Waals surface area contributed by atoms with Crippen molar-refractivity contribution in [1.29, 1.82) is 0 Å². The molecule has 1 fully saturated rings. The van der Waals surface area contributed by atoms with Gasteiger partial charge in [0.05, 0.1) is 0 Å². The van der Waals surface area contributed by atoms with Gasteiger partial charge >= 0.3 is 0 Å². The first-order valence-electron chi connectivity index (χ1n) is 5.77. The smallest absolute Gasteiger partial charge is 0.0170 e. The van der Waals surface area contributed by atoms with Crippen molar-refractivity contribution >= 4 is 0 Å². The zero-order chi connectivity index (χ0) is 9.90. The summed E-state index contributed by atoms with van der Waals surface area (Å²) in [7, 11) is 0. The highest BCUT2D eigenvalue weighted by molar-refractivity contribution is 5.22. The van der Waals surface area contributed by atoms with Gasteiger partial charge in [0, 0.05) is 0 Å². The molecule has 0 heterocycles. The molecule has 0 unspecified atom stereocenters. The molecule has 0 nitrogen and oxygen atoms in total. The van der Waals surface area contributed by atoms with Gasteiger partial charge in [0.2, 0.25) is 0 Å². The summed E-state index contributed by atoms with van der Waals surface area (Å²) in [5.41, 5.74) is 3.96. The van der Waals surface area contributed by atoms with Gasteiger partial charge in [-0.1, -0.05) is 45.3 Å². The van der Waals surface area contributed by atoms with Crippen molar-refractivity contribution in [3.05, 3.63) is 11.1 Å². The highest BCUT2D eigenvalue weighted by Gasteiger charge is 2.21. The van der Waals surface area contributed by atoms with Gasteiger partial charge in [-0.15, -0.1) is 0 Å². The fourth-order valence-electron chi connectivity index (χ4n) is 2.44. The second-order valence-electron chi connectivity index (χ2n) is 5.29. The fourth-order valence-corrected chi connectivity index (χ4v) is 2.44. The van der Waals surface area contributed by atoms with E-state index in [-0.39, 0.29) is 0 Å². The molecule has 0 atom stereocenters. The third-order valence-electron chi connectivity index (χ3n) is 3.04. The highest BCUT2D eigenvalue weighted by Crippen LogP contribution is 2.38. The minimum atomic E-state index is 0.412. The quantitative estimate of drug-likeness (QED) is 0.540. The SMILES string of the molecule is CCCC(=C1CCCC1)C(C)(C)C. The Morgan fingerprint density at radius 1 is 1.15 bits per heavy atom. The van der Waals surface area contributed by atoms with Crippen molar-refractivity contribution in [1.82, 2.24) is 0 Å². The van der Waals surface area contributed by atoms with E-state index in [0.717, 1.165) is 0 Å².